The number of esters is 1. The summed E-state index contributed by atoms with van der Waals surface area (Å²) >= 11 is 0. The second-order valence-corrected chi connectivity index (χ2v) is 2.73. The topological polar surface area (TPSA) is 35.5 Å². The van der Waals surface area contributed by atoms with Crippen molar-refractivity contribution in [1.82, 2.24) is 0 Å². The average Bonchev–Trinajstić information content (AvgIpc) is 2.17. The van der Waals surface area contributed by atoms with Crippen LogP contribution in [0.2, 0.25) is 0 Å². The van der Waals surface area contributed by atoms with Gasteiger partial charge in [-0.15, -0.1) is 0 Å². The smallest absolute Gasteiger partial charge is 0.330 e. The third-order valence-electron chi connectivity index (χ3n) is 1.70. The van der Waals surface area contributed by atoms with Gasteiger partial charge in [-0.3, -0.25) is 0 Å². The van der Waals surface area contributed by atoms with Gasteiger partial charge in [0.1, 0.15) is 6.10 Å². The minimum Gasteiger partial charge on any atom is -0.494 e. The molecular weight excluding hydrogens is 168 g/mol. The molecule has 0 radical (unpaired) electrons. The molecule has 0 aromatic heterocycles. The summed E-state index contributed by atoms with van der Waals surface area (Å²) < 4.78 is 9.96. The van der Waals surface area contributed by atoms with Gasteiger partial charge in [0.25, 0.3) is 0 Å². The zero-order chi connectivity index (χ0) is 9.52. The van der Waals surface area contributed by atoms with Crippen molar-refractivity contribution in [3.05, 3.63) is 24.5 Å². The van der Waals surface area contributed by atoms with Crippen molar-refractivity contribution in [3.63, 3.8) is 0 Å². The normalized spacial score (nSPS) is 21.5. The van der Waals surface area contributed by atoms with E-state index in [-0.39, 0.29) is 12.1 Å². The van der Waals surface area contributed by atoms with Crippen LogP contribution in [0.1, 0.15) is 19.8 Å². The van der Waals surface area contributed by atoms with Gasteiger partial charge < -0.3 is 9.47 Å². The lowest BCUT2D eigenvalue weighted by Gasteiger charge is -2.14. The minimum absolute atomic E-state index is 0.0226. The molecule has 72 valence electrons. The standard InChI is InChI=1S/C10H14O3/c1-2-12-10(11)7-6-9-5-3-4-8-13-9/h4,6-9H,2-3,5H2,1H3/b7-6-. The van der Waals surface area contributed by atoms with Crippen molar-refractivity contribution < 1.29 is 14.3 Å². The molecular formula is C10H14O3. The van der Waals surface area contributed by atoms with E-state index in [0.29, 0.717) is 6.61 Å². The quantitative estimate of drug-likeness (QED) is 0.493. The summed E-state index contributed by atoms with van der Waals surface area (Å²) in [7, 11) is 0. The largest absolute Gasteiger partial charge is 0.494 e. The van der Waals surface area contributed by atoms with Crippen LogP contribution in [-0.2, 0) is 14.3 Å². The summed E-state index contributed by atoms with van der Waals surface area (Å²) in [6, 6.07) is 0. The first-order valence-electron chi connectivity index (χ1n) is 4.48. The molecule has 1 unspecified atom stereocenters. The molecule has 1 heterocycles. The van der Waals surface area contributed by atoms with Gasteiger partial charge >= 0.3 is 5.97 Å². The molecule has 1 aliphatic heterocycles. The summed E-state index contributed by atoms with van der Waals surface area (Å²) in [5, 5.41) is 0. The Morgan fingerprint density at radius 2 is 2.62 bits per heavy atom. The Bertz CT molecular complexity index is 218. The Balaban J connectivity index is 2.30. The van der Waals surface area contributed by atoms with Crippen LogP contribution in [0.15, 0.2) is 24.5 Å². The van der Waals surface area contributed by atoms with Crippen molar-refractivity contribution >= 4 is 5.97 Å². The van der Waals surface area contributed by atoms with Gasteiger partial charge in [-0.1, -0.05) is 0 Å². The molecule has 0 N–H and O–H groups in total. The van der Waals surface area contributed by atoms with Crippen molar-refractivity contribution in [1.29, 1.82) is 0 Å². The van der Waals surface area contributed by atoms with Crippen LogP contribution in [0, 0.1) is 0 Å². The molecule has 0 bridgehead atoms. The Kier molecular flexibility index (Phi) is 4.09. The molecule has 0 aliphatic carbocycles. The van der Waals surface area contributed by atoms with Crippen LogP contribution >= 0.6 is 0 Å². The maximum Gasteiger partial charge on any atom is 0.330 e. The van der Waals surface area contributed by atoms with Crippen molar-refractivity contribution in [2.24, 2.45) is 0 Å². The summed E-state index contributed by atoms with van der Waals surface area (Å²) in [4.78, 5) is 10.9. The number of carbonyl (C=O) groups is 1. The molecule has 1 atom stereocenters. The molecule has 0 saturated heterocycles. The molecule has 0 fully saturated rings. The number of rotatable bonds is 3. The van der Waals surface area contributed by atoms with E-state index < -0.39 is 0 Å². The van der Waals surface area contributed by atoms with E-state index >= 15 is 0 Å². The SMILES string of the molecule is CCOC(=O)/C=C\C1CCC=CO1. The molecule has 0 amide bonds. The van der Waals surface area contributed by atoms with Crippen LogP contribution in [0.5, 0.6) is 0 Å². The van der Waals surface area contributed by atoms with Gasteiger partial charge in [-0.25, -0.2) is 4.79 Å². The monoisotopic (exact) mass is 182 g/mol. The highest BCUT2D eigenvalue weighted by atomic mass is 16.5. The first-order valence-corrected chi connectivity index (χ1v) is 4.48. The Morgan fingerprint density at radius 3 is 3.23 bits per heavy atom. The fourth-order valence-electron chi connectivity index (χ4n) is 1.07. The van der Waals surface area contributed by atoms with E-state index in [1.54, 1.807) is 19.3 Å². The first-order chi connectivity index (χ1) is 6.33. The highest BCUT2D eigenvalue weighted by molar-refractivity contribution is 5.81. The molecule has 0 aromatic rings. The summed E-state index contributed by atoms with van der Waals surface area (Å²) in [5.74, 6) is -0.305. The molecule has 1 rings (SSSR count). The van der Waals surface area contributed by atoms with Crippen LogP contribution in [0.3, 0.4) is 0 Å². The lowest BCUT2D eigenvalue weighted by Crippen LogP contribution is -2.10. The first kappa shape index (κ1) is 9.84. The number of hydrogen-bond acceptors (Lipinski definition) is 3. The van der Waals surface area contributed by atoms with E-state index in [2.05, 4.69) is 0 Å². The third kappa shape index (κ3) is 3.78. The van der Waals surface area contributed by atoms with E-state index in [4.69, 9.17) is 9.47 Å². The Labute approximate surface area is 78.0 Å². The summed E-state index contributed by atoms with van der Waals surface area (Å²) in [6.07, 6.45) is 8.74. The van der Waals surface area contributed by atoms with Crippen molar-refractivity contribution in [2.75, 3.05) is 6.61 Å². The molecule has 0 saturated carbocycles. The second kappa shape index (κ2) is 5.41. The molecule has 3 heteroatoms. The zero-order valence-electron chi connectivity index (χ0n) is 7.73. The lowest BCUT2D eigenvalue weighted by molar-refractivity contribution is -0.137. The van der Waals surface area contributed by atoms with Crippen LogP contribution in [0.4, 0.5) is 0 Å². The van der Waals surface area contributed by atoms with Crippen LogP contribution in [0.25, 0.3) is 0 Å². The third-order valence-corrected chi connectivity index (χ3v) is 1.70. The molecule has 0 aromatic carbocycles. The molecule has 3 nitrogen and oxygen atoms in total. The Hall–Kier alpha value is -1.25. The lowest BCUT2D eigenvalue weighted by atomic mass is 10.1. The minimum atomic E-state index is -0.305. The average molecular weight is 182 g/mol. The molecule has 0 spiro atoms. The summed E-state index contributed by atoms with van der Waals surface area (Å²) in [5.41, 5.74) is 0. The number of hydrogen-bond donors (Lipinski definition) is 0. The second-order valence-electron chi connectivity index (χ2n) is 2.73. The maximum absolute atomic E-state index is 10.9. The van der Waals surface area contributed by atoms with E-state index in [0.717, 1.165) is 12.8 Å². The van der Waals surface area contributed by atoms with Crippen molar-refractivity contribution in [2.45, 2.75) is 25.9 Å². The fourth-order valence-corrected chi connectivity index (χ4v) is 1.07. The van der Waals surface area contributed by atoms with Crippen LogP contribution in [-0.4, -0.2) is 18.7 Å². The molecule has 1 aliphatic rings. The highest BCUT2D eigenvalue weighted by Crippen LogP contribution is 2.10. The van der Waals surface area contributed by atoms with E-state index in [1.165, 1.54) is 6.08 Å². The maximum atomic E-state index is 10.9. The van der Waals surface area contributed by atoms with Gasteiger partial charge in [-0.05, 0) is 31.9 Å². The van der Waals surface area contributed by atoms with Crippen LogP contribution < -0.4 is 0 Å². The number of ether oxygens (including phenoxy) is 2. The molecule has 13 heavy (non-hydrogen) atoms. The van der Waals surface area contributed by atoms with Gasteiger partial charge in [0, 0.05) is 6.08 Å². The Morgan fingerprint density at radius 1 is 1.77 bits per heavy atom. The van der Waals surface area contributed by atoms with Gasteiger partial charge in [-0.2, -0.15) is 0 Å². The number of allylic oxidation sites excluding steroid dienone is 1. The van der Waals surface area contributed by atoms with E-state index in [9.17, 15) is 4.79 Å². The number of carbonyl (C=O) groups excluding carboxylic acids is 1. The highest BCUT2D eigenvalue weighted by Gasteiger charge is 2.06. The van der Waals surface area contributed by atoms with Gasteiger partial charge in [0.05, 0.1) is 12.9 Å². The van der Waals surface area contributed by atoms with Gasteiger partial charge in [0.15, 0.2) is 0 Å². The zero-order valence-corrected chi connectivity index (χ0v) is 7.73. The fraction of sp³-hybridized carbons (Fsp3) is 0.500. The van der Waals surface area contributed by atoms with E-state index in [1.807, 2.05) is 6.08 Å². The van der Waals surface area contributed by atoms with Crippen molar-refractivity contribution in [3.8, 4) is 0 Å². The predicted molar refractivity (Wildman–Crippen MR) is 49.0 cm³/mol. The summed E-state index contributed by atoms with van der Waals surface area (Å²) in [6.45, 7) is 2.19. The van der Waals surface area contributed by atoms with Gasteiger partial charge in [0.2, 0.25) is 0 Å². The predicted octanol–water partition coefficient (Wildman–Crippen LogP) is 1.80.